The predicted molar refractivity (Wildman–Crippen MR) is 140 cm³/mol. The Balaban J connectivity index is 1.69. The topological polar surface area (TPSA) is 67.4 Å². The van der Waals surface area contributed by atoms with Gasteiger partial charge in [-0.05, 0) is 73.3 Å². The fraction of sp³-hybridized carbons (Fsp3) is 0.276. The van der Waals surface area contributed by atoms with E-state index in [2.05, 4.69) is 15.3 Å². The van der Waals surface area contributed by atoms with Crippen LogP contribution < -0.4 is 10.1 Å². The molecule has 4 aromatic rings. The Morgan fingerprint density at radius 3 is 2.72 bits per heavy atom. The number of likely N-dealkylation sites (N-methyl/N-ethyl adjacent to an activating group) is 1. The molecular formula is C29H29FN4O2. The minimum Gasteiger partial charge on any atom is -0.495 e. The van der Waals surface area contributed by atoms with E-state index in [1.54, 1.807) is 30.6 Å². The van der Waals surface area contributed by atoms with Gasteiger partial charge in [0.1, 0.15) is 11.6 Å². The molecule has 2 aromatic heterocycles. The average molecular weight is 485 g/mol. The maximum atomic E-state index is 14.4. The van der Waals surface area contributed by atoms with Crippen molar-refractivity contribution in [1.82, 2.24) is 20.2 Å². The summed E-state index contributed by atoms with van der Waals surface area (Å²) in [5.74, 6) is 0.187. The maximum absolute atomic E-state index is 14.4. The van der Waals surface area contributed by atoms with E-state index in [1.807, 2.05) is 44.3 Å². The van der Waals surface area contributed by atoms with Gasteiger partial charge in [-0.15, -0.1) is 0 Å². The Hall–Kier alpha value is -3.84. The smallest absolute Gasteiger partial charge is 0.255 e. The number of methoxy groups -OCH3 is 1. The van der Waals surface area contributed by atoms with Gasteiger partial charge in [0.2, 0.25) is 0 Å². The Morgan fingerprint density at radius 1 is 1.11 bits per heavy atom. The molecule has 1 fully saturated rings. The van der Waals surface area contributed by atoms with Crippen molar-refractivity contribution in [2.24, 2.45) is 0 Å². The minimum atomic E-state index is -0.344. The minimum absolute atomic E-state index is 0.117. The molecule has 1 saturated heterocycles. The number of halogens is 1. The van der Waals surface area contributed by atoms with Gasteiger partial charge >= 0.3 is 0 Å². The summed E-state index contributed by atoms with van der Waals surface area (Å²) < 4.78 is 19.7. The lowest BCUT2D eigenvalue weighted by Crippen LogP contribution is -2.38. The molecule has 0 radical (unpaired) electrons. The molecule has 5 rings (SSSR count). The molecule has 36 heavy (non-hydrogen) atoms. The highest BCUT2D eigenvalue weighted by atomic mass is 19.1. The first-order valence-corrected chi connectivity index (χ1v) is 12.1. The number of carbonyl (C=O) groups excluding carboxylic acids is 1. The highest BCUT2D eigenvalue weighted by Gasteiger charge is 2.25. The third-order valence-electron chi connectivity index (χ3n) is 6.72. The van der Waals surface area contributed by atoms with Crippen molar-refractivity contribution >= 4 is 16.8 Å². The predicted octanol–water partition coefficient (Wildman–Crippen LogP) is 5.24. The number of ether oxygens (including phenoxy) is 1. The van der Waals surface area contributed by atoms with Crippen LogP contribution >= 0.6 is 0 Å². The molecule has 0 aliphatic carbocycles. The van der Waals surface area contributed by atoms with Crippen LogP contribution in [0.4, 0.5) is 4.39 Å². The zero-order valence-electron chi connectivity index (χ0n) is 20.7. The lowest BCUT2D eigenvalue weighted by atomic mass is 9.94. The van der Waals surface area contributed by atoms with Crippen molar-refractivity contribution in [3.8, 4) is 28.0 Å². The fourth-order valence-electron chi connectivity index (χ4n) is 4.92. The van der Waals surface area contributed by atoms with Gasteiger partial charge in [-0.25, -0.2) is 4.39 Å². The van der Waals surface area contributed by atoms with E-state index >= 15 is 0 Å². The number of aryl methyl sites for hydroxylation is 1. The van der Waals surface area contributed by atoms with Gasteiger partial charge in [0.25, 0.3) is 5.91 Å². The number of carbonyl (C=O) groups is 1. The first kappa shape index (κ1) is 23.9. The summed E-state index contributed by atoms with van der Waals surface area (Å²) in [6, 6.07) is 12.8. The number of hydrogen-bond acceptors (Lipinski definition) is 5. The fourth-order valence-corrected chi connectivity index (χ4v) is 4.92. The quantitative estimate of drug-likeness (QED) is 0.405. The second-order valence-corrected chi connectivity index (χ2v) is 9.39. The van der Waals surface area contributed by atoms with E-state index in [4.69, 9.17) is 4.74 Å². The number of nitrogens with zero attached hydrogens (tertiary/aromatic N) is 3. The summed E-state index contributed by atoms with van der Waals surface area (Å²) in [5, 5.41) is 4.17. The Morgan fingerprint density at radius 2 is 1.97 bits per heavy atom. The number of pyridine rings is 2. The van der Waals surface area contributed by atoms with Crippen LogP contribution in [0.5, 0.6) is 5.75 Å². The maximum Gasteiger partial charge on any atom is 0.255 e. The molecule has 0 saturated carbocycles. The highest BCUT2D eigenvalue weighted by molar-refractivity contribution is 6.12. The first-order chi connectivity index (χ1) is 17.4. The van der Waals surface area contributed by atoms with Crippen LogP contribution in [0.15, 0.2) is 61.1 Å². The first-order valence-electron chi connectivity index (χ1n) is 12.1. The van der Waals surface area contributed by atoms with Gasteiger partial charge in [0, 0.05) is 48.5 Å². The third kappa shape index (κ3) is 4.79. The third-order valence-corrected chi connectivity index (χ3v) is 6.72. The van der Waals surface area contributed by atoms with Gasteiger partial charge in [0.15, 0.2) is 0 Å². The van der Waals surface area contributed by atoms with Gasteiger partial charge in [0.05, 0.1) is 24.4 Å². The lowest BCUT2D eigenvalue weighted by Gasteiger charge is -2.24. The zero-order chi connectivity index (χ0) is 25.2. The van der Waals surface area contributed by atoms with Gasteiger partial charge in [-0.3, -0.25) is 14.8 Å². The van der Waals surface area contributed by atoms with E-state index in [1.165, 1.54) is 12.1 Å². The van der Waals surface area contributed by atoms with Crippen LogP contribution in [0.25, 0.3) is 33.2 Å². The average Bonchev–Trinajstić information content (AvgIpc) is 3.39. The molecule has 6 nitrogen and oxygen atoms in total. The standard InChI is InChI=1S/C29H29FN4O2/c1-18-9-20(11-22(30)10-18)26-16-33-27-7-6-19(21-12-24(36-3)15-31-14-21)13-25(27)28(26)29(35)34(2)17-23-5-4-8-32-23/h6-7,9-16,23,32H,4-5,8,17H2,1-3H3/t23-/m0/s1. The molecule has 1 aliphatic heterocycles. The molecule has 7 heteroatoms. The molecule has 0 bridgehead atoms. The van der Waals surface area contributed by atoms with Gasteiger partial charge < -0.3 is 15.0 Å². The van der Waals surface area contributed by atoms with Gasteiger partial charge in [-0.1, -0.05) is 12.1 Å². The van der Waals surface area contributed by atoms with Crippen molar-refractivity contribution in [2.45, 2.75) is 25.8 Å². The van der Waals surface area contributed by atoms with E-state index in [9.17, 15) is 9.18 Å². The molecule has 1 amide bonds. The SMILES string of the molecule is COc1cncc(-c2ccc3ncc(-c4cc(C)cc(F)c4)c(C(=O)N(C)C[C@@H]4CCCN4)c3c2)c1. The number of amides is 1. The Labute approximate surface area is 210 Å². The second kappa shape index (κ2) is 10.0. The number of hydrogen-bond donors (Lipinski definition) is 1. The van der Waals surface area contributed by atoms with E-state index in [0.717, 1.165) is 36.1 Å². The number of rotatable bonds is 6. The van der Waals surface area contributed by atoms with Crippen LogP contribution in [0.1, 0.15) is 28.8 Å². The van der Waals surface area contributed by atoms with Crippen molar-refractivity contribution in [3.05, 3.63) is 78.0 Å². The molecule has 1 aliphatic rings. The molecule has 0 unspecified atom stereocenters. The molecule has 0 spiro atoms. The number of benzene rings is 2. The van der Waals surface area contributed by atoms with Crippen LogP contribution in [0.2, 0.25) is 0 Å². The highest BCUT2D eigenvalue weighted by Crippen LogP contribution is 2.34. The van der Waals surface area contributed by atoms with Crippen LogP contribution in [0, 0.1) is 12.7 Å². The van der Waals surface area contributed by atoms with Crippen LogP contribution in [0.3, 0.4) is 0 Å². The molecule has 1 atom stereocenters. The summed E-state index contributed by atoms with van der Waals surface area (Å²) in [6.45, 7) is 3.41. The summed E-state index contributed by atoms with van der Waals surface area (Å²) in [4.78, 5) is 24.7. The largest absolute Gasteiger partial charge is 0.495 e. The lowest BCUT2D eigenvalue weighted by molar-refractivity contribution is 0.0786. The summed E-state index contributed by atoms with van der Waals surface area (Å²) >= 11 is 0. The summed E-state index contributed by atoms with van der Waals surface area (Å²) in [7, 11) is 3.43. The van der Waals surface area contributed by atoms with E-state index in [0.29, 0.717) is 39.9 Å². The van der Waals surface area contributed by atoms with Crippen molar-refractivity contribution in [1.29, 1.82) is 0 Å². The van der Waals surface area contributed by atoms with E-state index < -0.39 is 0 Å². The Kier molecular flexibility index (Phi) is 6.65. The zero-order valence-corrected chi connectivity index (χ0v) is 20.7. The second-order valence-electron chi connectivity index (χ2n) is 9.39. The van der Waals surface area contributed by atoms with Crippen molar-refractivity contribution < 1.29 is 13.9 Å². The number of fused-ring (bicyclic) bond motifs is 1. The van der Waals surface area contributed by atoms with Gasteiger partial charge in [-0.2, -0.15) is 0 Å². The van der Waals surface area contributed by atoms with Crippen LogP contribution in [-0.4, -0.2) is 54.1 Å². The monoisotopic (exact) mass is 484 g/mol. The number of aromatic nitrogens is 2. The normalized spacial score (nSPS) is 15.3. The molecule has 3 heterocycles. The van der Waals surface area contributed by atoms with Crippen molar-refractivity contribution in [3.63, 3.8) is 0 Å². The summed E-state index contributed by atoms with van der Waals surface area (Å²) in [5.41, 5.74) is 4.99. The molecule has 1 N–H and O–H groups in total. The Bertz CT molecular complexity index is 1410. The molecular weight excluding hydrogens is 455 g/mol. The summed E-state index contributed by atoms with van der Waals surface area (Å²) in [6.07, 6.45) is 7.24. The van der Waals surface area contributed by atoms with Crippen LogP contribution in [-0.2, 0) is 0 Å². The molecule has 184 valence electrons. The van der Waals surface area contributed by atoms with E-state index in [-0.39, 0.29) is 17.8 Å². The number of nitrogens with one attached hydrogen (secondary N) is 1. The van der Waals surface area contributed by atoms with Crippen molar-refractivity contribution in [2.75, 3.05) is 27.2 Å². The molecule has 2 aromatic carbocycles.